The number of oxazole rings is 1. The highest BCUT2D eigenvalue weighted by Crippen LogP contribution is 2.08. The fourth-order valence-electron chi connectivity index (χ4n) is 1.32. The van der Waals surface area contributed by atoms with Crippen LogP contribution in [0.4, 0.5) is 0 Å². The Morgan fingerprint density at radius 3 is 2.05 bits per heavy atom. The van der Waals surface area contributed by atoms with E-state index in [9.17, 15) is 0 Å². The van der Waals surface area contributed by atoms with Crippen LogP contribution in [0.2, 0.25) is 0 Å². The van der Waals surface area contributed by atoms with E-state index < -0.39 is 0 Å². The summed E-state index contributed by atoms with van der Waals surface area (Å²) in [4.78, 5) is 4.00. The molecule has 1 rings (SSSR count). The minimum absolute atomic E-state index is 0.399. The lowest BCUT2D eigenvalue weighted by atomic mass is 10.1. The van der Waals surface area contributed by atoms with E-state index in [0.717, 1.165) is 29.5 Å². The van der Waals surface area contributed by atoms with Gasteiger partial charge >= 0.3 is 0 Å². The van der Waals surface area contributed by atoms with Gasteiger partial charge in [0.2, 0.25) is 0 Å². The molecular formula is C18H35N3O. The third-order valence-electron chi connectivity index (χ3n) is 2.48. The summed E-state index contributed by atoms with van der Waals surface area (Å²) < 4.78 is 5.28. The standard InChI is InChI=1S/C8H16N2.C8H13NO.C2H6/c1-6(2)8(10)5-4-7(3)9;1-6(2)4-8-5-9-7(3)10-8;1-2/h4-6H,9-10H2,1-3H3;5-6H,4H2,1-3H3;1-2H3/b7-4-,8-5-;;. The summed E-state index contributed by atoms with van der Waals surface area (Å²) in [6.07, 6.45) is 6.45. The summed E-state index contributed by atoms with van der Waals surface area (Å²) in [7, 11) is 0. The third-order valence-corrected chi connectivity index (χ3v) is 2.48. The van der Waals surface area contributed by atoms with Crippen molar-refractivity contribution in [3.05, 3.63) is 41.4 Å². The lowest BCUT2D eigenvalue weighted by Gasteiger charge is -2.01. The van der Waals surface area contributed by atoms with E-state index in [1.807, 2.05) is 53.7 Å². The van der Waals surface area contributed by atoms with Crippen LogP contribution < -0.4 is 11.5 Å². The van der Waals surface area contributed by atoms with Crippen LogP contribution in [0, 0.1) is 18.8 Å². The van der Waals surface area contributed by atoms with E-state index >= 15 is 0 Å². The number of hydrogen-bond acceptors (Lipinski definition) is 4. The molecule has 0 saturated heterocycles. The van der Waals surface area contributed by atoms with Gasteiger partial charge in [-0.1, -0.05) is 41.5 Å². The predicted molar refractivity (Wildman–Crippen MR) is 96.2 cm³/mol. The molecule has 0 aliphatic rings. The molecule has 1 heterocycles. The van der Waals surface area contributed by atoms with Crippen molar-refractivity contribution < 1.29 is 4.42 Å². The molecule has 4 N–H and O–H groups in total. The smallest absolute Gasteiger partial charge is 0.191 e. The molecule has 22 heavy (non-hydrogen) atoms. The topological polar surface area (TPSA) is 78.1 Å². The lowest BCUT2D eigenvalue weighted by molar-refractivity contribution is 0.447. The summed E-state index contributed by atoms with van der Waals surface area (Å²) in [5.74, 6) is 2.80. The van der Waals surface area contributed by atoms with Crippen LogP contribution in [0.15, 0.2) is 34.2 Å². The van der Waals surface area contributed by atoms with E-state index in [-0.39, 0.29) is 0 Å². The Morgan fingerprint density at radius 2 is 1.73 bits per heavy atom. The largest absolute Gasteiger partial charge is 0.446 e. The minimum Gasteiger partial charge on any atom is -0.446 e. The highest BCUT2D eigenvalue weighted by Gasteiger charge is 2.01. The van der Waals surface area contributed by atoms with Crippen LogP contribution in [-0.2, 0) is 6.42 Å². The number of allylic oxidation sites excluding steroid dienone is 4. The summed E-state index contributed by atoms with van der Waals surface area (Å²) in [6.45, 7) is 16.1. The molecule has 1 aromatic heterocycles. The van der Waals surface area contributed by atoms with Crippen LogP contribution in [0.3, 0.4) is 0 Å². The van der Waals surface area contributed by atoms with Gasteiger partial charge in [-0.25, -0.2) is 4.98 Å². The maximum atomic E-state index is 5.63. The van der Waals surface area contributed by atoms with Crippen molar-refractivity contribution in [3.8, 4) is 0 Å². The van der Waals surface area contributed by atoms with Crippen molar-refractivity contribution in [2.24, 2.45) is 23.3 Å². The van der Waals surface area contributed by atoms with Gasteiger partial charge in [0, 0.05) is 24.7 Å². The first-order chi connectivity index (χ1) is 10.2. The molecule has 0 bridgehead atoms. The average molecular weight is 309 g/mol. The van der Waals surface area contributed by atoms with Crippen LogP contribution >= 0.6 is 0 Å². The highest BCUT2D eigenvalue weighted by atomic mass is 16.3. The molecule has 0 saturated carbocycles. The third kappa shape index (κ3) is 13.3. The summed E-state index contributed by atoms with van der Waals surface area (Å²) in [6, 6.07) is 0. The van der Waals surface area contributed by atoms with E-state index in [1.165, 1.54) is 0 Å². The molecular weight excluding hydrogens is 274 g/mol. The first-order valence-corrected chi connectivity index (χ1v) is 8.03. The molecule has 0 amide bonds. The van der Waals surface area contributed by atoms with Gasteiger partial charge < -0.3 is 15.9 Å². The van der Waals surface area contributed by atoms with Crippen molar-refractivity contribution in [1.29, 1.82) is 0 Å². The number of rotatable bonds is 4. The molecule has 128 valence electrons. The fraction of sp³-hybridized carbons (Fsp3) is 0.611. The minimum atomic E-state index is 0.399. The summed E-state index contributed by atoms with van der Waals surface area (Å²) in [5.41, 5.74) is 12.7. The zero-order valence-electron chi connectivity index (χ0n) is 15.6. The van der Waals surface area contributed by atoms with Crippen molar-refractivity contribution in [2.75, 3.05) is 0 Å². The molecule has 4 nitrogen and oxygen atoms in total. The first kappa shape index (κ1) is 22.6. The van der Waals surface area contributed by atoms with Crippen molar-refractivity contribution in [1.82, 2.24) is 4.98 Å². The van der Waals surface area contributed by atoms with Gasteiger partial charge in [-0.2, -0.15) is 0 Å². The summed E-state index contributed by atoms with van der Waals surface area (Å²) >= 11 is 0. The second-order valence-corrected chi connectivity index (χ2v) is 5.68. The van der Waals surface area contributed by atoms with E-state index in [2.05, 4.69) is 18.8 Å². The van der Waals surface area contributed by atoms with Gasteiger partial charge in [-0.05, 0) is 30.9 Å². The van der Waals surface area contributed by atoms with Gasteiger partial charge in [0.15, 0.2) is 5.89 Å². The van der Waals surface area contributed by atoms with Crippen molar-refractivity contribution in [3.63, 3.8) is 0 Å². The molecule has 4 heteroatoms. The number of nitrogens with zero attached hydrogens (tertiary/aromatic N) is 1. The van der Waals surface area contributed by atoms with E-state index in [4.69, 9.17) is 15.9 Å². The second kappa shape index (κ2) is 13.0. The normalized spacial score (nSPS) is 11.7. The molecule has 0 spiro atoms. The first-order valence-electron chi connectivity index (χ1n) is 8.03. The lowest BCUT2D eigenvalue weighted by Crippen LogP contribution is -2.04. The van der Waals surface area contributed by atoms with Gasteiger partial charge in [0.1, 0.15) is 5.76 Å². The Balaban J connectivity index is 0. The van der Waals surface area contributed by atoms with Crippen LogP contribution in [-0.4, -0.2) is 4.98 Å². The van der Waals surface area contributed by atoms with Crippen LogP contribution in [0.1, 0.15) is 60.1 Å². The highest BCUT2D eigenvalue weighted by molar-refractivity contribution is 5.13. The van der Waals surface area contributed by atoms with Crippen molar-refractivity contribution >= 4 is 0 Å². The molecule has 0 radical (unpaired) electrons. The zero-order valence-corrected chi connectivity index (χ0v) is 15.6. The van der Waals surface area contributed by atoms with Crippen molar-refractivity contribution in [2.45, 2.75) is 61.8 Å². The molecule has 0 unspecified atom stereocenters. The Bertz CT molecular complexity index is 439. The number of hydrogen-bond donors (Lipinski definition) is 2. The van der Waals surface area contributed by atoms with Gasteiger partial charge in [0.25, 0.3) is 0 Å². The van der Waals surface area contributed by atoms with Gasteiger partial charge in [-0.3, -0.25) is 0 Å². The van der Waals surface area contributed by atoms with Gasteiger partial charge in [0.05, 0.1) is 6.20 Å². The van der Waals surface area contributed by atoms with Gasteiger partial charge in [-0.15, -0.1) is 0 Å². The maximum absolute atomic E-state index is 5.63. The Hall–Kier alpha value is -1.71. The number of nitrogens with two attached hydrogens (primary N) is 2. The molecule has 0 aliphatic carbocycles. The molecule has 0 atom stereocenters. The van der Waals surface area contributed by atoms with E-state index in [1.54, 1.807) is 6.20 Å². The van der Waals surface area contributed by atoms with E-state index in [0.29, 0.717) is 11.8 Å². The monoisotopic (exact) mass is 309 g/mol. The molecule has 0 fully saturated rings. The molecule has 0 aromatic carbocycles. The fourth-order valence-corrected chi connectivity index (χ4v) is 1.32. The Labute approximate surface area is 136 Å². The molecule has 1 aromatic rings. The quantitative estimate of drug-likeness (QED) is 0.799. The Morgan fingerprint density at radius 1 is 1.18 bits per heavy atom. The summed E-state index contributed by atoms with van der Waals surface area (Å²) in [5, 5.41) is 0. The zero-order chi connectivity index (χ0) is 17.7. The number of aryl methyl sites for hydroxylation is 1. The van der Waals surface area contributed by atoms with Crippen LogP contribution in [0.5, 0.6) is 0 Å². The second-order valence-electron chi connectivity index (χ2n) is 5.68. The predicted octanol–water partition coefficient (Wildman–Crippen LogP) is 4.56. The Kier molecular flexibility index (Phi) is 13.3. The molecule has 0 aliphatic heterocycles. The maximum Gasteiger partial charge on any atom is 0.191 e. The SMILES string of the molecule is C/C(N)=C/C=C(\N)C(C)C.CC.Cc1ncc(CC(C)C)o1. The average Bonchev–Trinajstić information content (AvgIpc) is 2.83. The number of aromatic nitrogens is 1. The van der Waals surface area contributed by atoms with Crippen LogP contribution in [0.25, 0.3) is 0 Å².